The Morgan fingerprint density at radius 1 is 1.22 bits per heavy atom. The zero-order chi connectivity index (χ0) is 16.4. The van der Waals surface area contributed by atoms with E-state index in [9.17, 15) is 13.2 Å². The molecule has 4 nitrogen and oxygen atoms in total. The number of nitrogens with zero attached hydrogens (tertiary/aromatic N) is 1. The highest BCUT2D eigenvalue weighted by Gasteiger charge is 2.20. The van der Waals surface area contributed by atoms with Gasteiger partial charge in [0.05, 0.1) is 4.90 Å². The first-order valence-electron chi connectivity index (χ1n) is 7.27. The second kappa shape index (κ2) is 6.29. The standard InChI is InChI=1S/C17H17NO3S2/c1-23(20,21)15-5-2-4-14(12-15)17(19)18-9-7-13(8-10-18)16-6-3-11-22-16/h2-7,11-12H,8-10H2,1H3. The molecule has 120 valence electrons. The molecule has 0 radical (unpaired) electrons. The molecule has 1 aromatic carbocycles. The number of hydrogen-bond acceptors (Lipinski definition) is 4. The Labute approximate surface area is 140 Å². The minimum atomic E-state index is -3.31. The van der Waals surface area contributed by atoms with Gasteiger partial charge in [0.1, 0.15) is 0 Å². The van der Waals surface area contributed by atoms with E-state index < -0.39 is 9.84 Å². The summed E-state index contributed by atoms with van der Waals surface area (Å²) in [6, 6.07) is 10.3. The van der Waals surface area contributed by atoms with Gasteiger partial charge in [0.15, 0.2) is 9.84 Å². The normalized spacial score (nSPS) is 15.3. The largest absolute Gasteiger partial charge is 0.335 e. The summed E-state index contributed by atoms with van der Waals surface area (Å²) in [5.74, 6) is -0.128. The van der Waals surface area contributed by atoms with Crippen molar-refractivity contribution in [2.75, 3.05) is 19.3 Å². The van der Waals surface area contributed by atoms with E-state index in [1.807, 2.05) is 11.4 Å². The smallest absolute Gasteiger partial charge is 0.254 e. The van der Waals surface area contributed by atoms with Crippen molar-refractivity contribution < 1.29 is 13.2 Å². The second-order valence-electron chi connectivity index (χ2n) is 5.51. The summed E-state index contributed by atoms with van der Waals surface area (Å²) in [4.78, 5) is 15.7. The molecule has 3 rings (SSSR count). The molecule has 0 saturated heterocycles. The monoisotopic (exact) mass is 347 g/mol. The Bertz CT molecular complexity index is 852. The molecule has 0 unspecified atom stereocenters. The highest BCUT2D eigenvalue weighted by molar-refractivity contribution is 7.90. The molecule has 1 aliphatic rings. The lowest BCUT2D eigenvalue weighted by Gasteiger charge is -2.26. The molecular formula is C17H17NO3S2. The third-order valence-corrected chi connectivity index (χ3v) is 5.90. The van der Waals surface area contributed by atoms with Gasteiger partial charge >= 0.3 is 0 Å². The van der Waals surface area contributed by atoms with Crippen LogP contribution < -0.4 is 0 Å². The van der Waals surface area contributed by atoms with Crippen molar-refractivity contribution in [3.8, 4) is 0 Å². The molecule has 0 fully saturated rings. The van der Waals surface area contributed by atoms with E-state index in [1.165, 1.54) is 22.6 Å². The molecule has 0 saturated carbocycles. The highest BCUT2D eigenvalue weighted by Crippen LogP contribution is 2.26. The third-order valence-electron chi connectivity index (χ3n) is 3.84. The van der Waals surface area contributed by atoms with Crippen LogP contribution >= 0.6 is 11.3 Å². The summed E-state index contributed by atoms with van der Waals surface area (Å²) < 4.78 is 23.3. The highest BCUT2D eigenvalue weighted by atomic mass is 32.2. The minimum Gasteiger partial charge on any atom is -0.335 e. The fourth-order valence-electron chi connectivity index (χ4n) is 2.58. The predicted molar refractivity (Wildman–Crippen MR) is 92.4 cm³/mol. The number of carbonyl (C=O) groups excluding carboxylic acids is 1. The van der Waals surface area contributed by atoms with E-state index in [0.717, 1.165) is 12.7 Å². The van der Waals surface area contributed by atoms with Gasteiger partial charge in [-0.1, -0.05) is 18.2 Å². The van der Waals surface area contributed by atoms with Gasteiger partial charge in [0.2, 0.25) is 0 Å². The zero-order valence-electron chi connectivity index (χ0n) is 12.7. The minimum absolute atomic E-state index is 0.128. The summed E-state index contributed by atoms with van der Waals surface area (Å²) in [6.45, 7) is 1.20. The number of carbonyl (C=O) groups is 1. The van der Waals surface area contributed by atoms with Crippen LogP contribution in [-0.2, 0) is 9.84 Å². The van der Waals surface area contributed by atoms with Gasteiger partial charge < -0.3 is 4.90 Å². The van der Waals surface area contributed by atoms with Gasteiger partial charge in [-0.2, -0.15) is 0 Å². The first-order valence-corrected chi connectivity index (χ1v) is 10.0. The molecule has 0 atom stereocenters. The van der Waals surface area contributed by atoms with E-state index >= 15 is 0 Å². The van der Waals surface area contributed by atoms with Crippen molar-refractivity contribution in [1.82, 2.24) is 4.90 Å². The van der Waals surface area contributed by atoms with Gasteiger partial charge in [-0.3, -0.25) is 4.79 Å². The molecule has 2 heterocycles. The lowest BCUT2D eigenvalue weighted by atomic mass is 10.1. The van der Waals surface area contributed by atoms with Gasteiger partial charge in [0.25, 0.3) is 5.91 Å². The maximum atomic E-state index is 12.6. The van der Waals surface area contributed by atoms with E-state index in [4.69, 9.17) is 0 Å². The number of hydrogen-bond donors (Lipinski definition) is 0. The topological polar surface area (TPSA) is 54.5 Å². The van der Waals surface area contributed by atoms with Crippen LogP contribution in [0.1, 0.15) is 21.7 Å². The van der Waals surface area contributed by atoms with Crippen molar-refractivity contribution in [1.29, 1.82) is 0 Å². The van der Waals surface area contributed by atoms with Gasteiger partial charge in [-0.15, -0.1) is 11.3 Å². The molecule has 1 aliphatic heterocycles. The second-order valence-corrected chi connectivity index (χ2v) is 8.47. The molecule has 0 bridgehead atoms. The number of thiophene rings is 1. The van der Waals surface area contributed by atoms with Crippen LogP contribution in [0.4, 0.5) is 0 Å². The fraction of sp³-hybridized carbons (Fsp3) is 0.235. The third kappa shape index (κ3) is 3.54. The summed E-state index contributed by atoms with van der Waals surface area (Å²) in [5, 5.41) is 2.05. The maximum Gasteiger partial charge on any atom is 0.254 e. The molecule has 6 heteroatoms. The molecule has 2 aromatic rings. The SMILES string of the molecule is CS(=O)(=O)c1cccc(C(=O)N2CC=C(c3cccs3)CC2)c1. The van der Waals surface area contributed by atoms with Crippen LogP contribution in [0.15, 0.2) is 52.7 Å². The van der Waals surface area contributed by atoms with Crippen LogP contribution in [0, 0.1) is 0 Å². The summed E-state index contributed by atoms with van der Waals surface area (Å²) in [7, 11) is -3.31. The zero-order valence-corrected chi connectivity index (χ0v) is 14.4. The molecule has 0 spiro atoms. The van der Waals surface area contributed by atoms with Crippen molar-refractivity contribution in [3.63, 3.8) is 0 Å². The molecular weight excluding hydrogens is 330 g/mol. The van der Waals surface area contributed by atoms with E-state index in [-0.39, 0.29) is 10.8 Å². The number of sulfone groups is 1. The average Bonchev–Trinajstić information content (AvgIpc) is 3.08. The average molecular weight is 347 g/mol. The Hall–Kier alpha value is -1.92. The Kier molecular flexibility index (Phi) is 4.37. The van der Waals surface area contributed by atoms with Gasteiger partial charge in [-0.25, -0.2) is 8.42 Å². The number of amides is 1. The summed E-state index contributed by atoms with van der Waals surface area (Å²) >= 11 is 1.70. The molecule has 0 N–H and O–H groups in total. The lowest BCUT2D eigenvalue weighted by molar-refractivity contribution is 0.0772. The first-order chi connectivity index (χ1) is 10.9. The van der Waals surface area contributed by atoms with Crippen LogP contribution in [0.2, 0.25) is 0 Å². The van der Waals surface area contributed by atoms with Crippen LogP contribution in [0.3, 0.4) is 0 Å². The Balaban J connectivity index is 1.78. The quantitative estimate of drug-likeness (QED) is 0.857. The van der Waals surface area contributed by atoms with Crippen molar-refractivity contribution in [3.05, 3.63) is 58.3 Å². The molecule has 0 aliphatic carbocycles. The lowest BCUT2D eigenvalue weighted by Crippen LogP contribution is -2.34. The molecule has 1 amide bonds. The van der Waals surface area contributed by atoms with Crippen molar-refractivity contribution in [2.45, 2.75) is 11.3 Å². The number of benzene rings is 1. The first kappa shape index (κ1) is 16.0. The number of rotatable bonds is 3. The van der Waals surface area contributed by atoms with Crippen LogP contribution in [-0.4, -0.2) is 38.6 Å². The van der Waals surface area contributed by atoms with Crippen LogP contribution in [0.25, 0.3) is 5.57 Å². The van der Waals surface area contributed by atoms with Crippen molar-refractivity contribution >= 4 is 32.7 Å². The fourth-order valence-corrected chi connectivity index (χ4v) is 4.05. The van der Waals surface area contributed by atoms with Crippen LogP contribution in [0.5, 0.6) is 0 Å². The summed E-state index contributed by atoms with van der Waals surface area (Å²) in [5.41, 5.74) is 1.69. The predicted octanol–water partition coefficient (Wildman–Crippen LogP) is 3.08. The van der Waals surface area contributed by atoms with Gasteiger partial charge in [-0.05, 0) is 41.6 Å². The van der Waals surface area contributed by atoms with E-state index in [0.29, 0.717) is 18.7 Å². The Morgan fingerprint density at radius 3 is 2.65 bits per heavy atom. The molecule has 23 heavy (non-hydrogen) atoms. The molecule has 1 aromatic heterocycles. The van der Waals surface area contributed by atoms with E-state index in [2.05, 4.69) is 12.1 Å². The maximum absolute atomic E-state index is 12.6. The van der Waals surface area contributed by atoms with Gasteiger partial charge in [0, 0.05) is 29.8 Å². The van der Waals surface area contributed by atoms with Crippen molar-refractivity contribution in [2.24, 2.45) is 0 Å². The summed E-state index contributed by atoms with van der Waals surface area (Å²) in [6.07, 6.45) is 4.04. The Morgan fingerprint density at radius 2 is 2.04 bits per heavy atom. The van der Waals surface area contributed by atoms with E-state index in [1.54, 1.807) is 28.4 Å².